The fourth-order valence-electron chi connectivity index (χ4n) is 4.10. The number of nitrogens with two attached hydrogens (primary N) is 1. The van der Waals surface area contributed by atoms with Crippen LogP contribution in [0.1, 0.15) is 49.3 Å². The maximum absolute atomic E-state index is 11.2. The number of urea groups is 1. The van der Waals surface area contributed by atoms with Gasteiger partial charge < -0.3 is 10.8 Å². The van der Waals surface area contributed by atoms with E-state index in [-0.39, 0.29) is 6.04 Å². The number of carbonyl (C=O) groups excluding carboxylic acids is 1. The maximum Gasteiger partial charge on any atom is 0.332 e. The van der Waals surface area contributed by atoms with Crippen LogP contribution in [0.4, 0.5) is 4.79 Å². The summed E-state index contributed by atoms with van der Waals surface area (Å²) in [6.45, 7) is 0. The molecule has 29 heavy (non-hydrogen) atoms. The molecule has 154 valence electrons. The van der Waals surface area contributed by atoms with Gasteiger partial charge in [0.05, 0.1) is 11.8 Å². The third-order valence-electron chi connectivity index (χ3n) is 5.74. The molecule has 0 saturated carbocycles. The van der Waals surface area contributed by atoms with E-state index in [0.29, 0.717) is 18.9 Å². The smallest absolute Gasteiger partial charge is 0.332 e. The van der Waals surface area contributed by atoms with Crippen molar-refractivity contribution >= 4 is 11.7 Å². The number of likely N-dealkylation sites (tertiary alicyclic amines) is 1. The zero-order chi connectivity index (χ0) is 20.6. The highest BCUT2D eigenvalue weighted by Crippen LogP contribution is 2.30. The third kappa shape index (κ3) is 5.89. The SMILES string of the molecule is CN1[C@@H](C/C(=N/NC(N)=O)c2ccccc2)CCC[C@@H]1C[C@H](O)c1ccccc1. The Labute approximate surface area is 172 Å². The van der Waals surface area contributed by atoms with Crippen LogP contribution < -0.4 is 11.2 Å². The van der Waals surface area contributed by atoms with Gasteiger partial charge in [0.25, 0.3) is 0 Å². The predicted octanol–water partition coefficient (Wildman–Crippen LogP) is 3.43. The number of piperidine rings is 1. The van der Waals surface area contributed by atoms with E-state index in [1.54, 1.807) is 0 Å². The Bertz CT molecular complexity index is 810. The minimum atomic E-state index is -0.667. The van der Waals surface area contributed by atoms with Gasteiger partial charge in [0.2, 0.25) is 0 Å². The first-order valence-electron chi connectivity index (χ1n) is 10.2. The lowest BCUT2D eigenvalue weighted by Crippen LogP contribution is -2.45. The minimum absolute atomic E-state index is 0.283. The van der Waals surface area contributed by atoms with Crippen molar-refractivity contribution in [2.45, 2.75) is 50.3 Å². The zero-order valence-corrected chi connectivity index (χ0v) is 16.9. The number of aliphatic hydroxyl groups is 1. The van der Waals surface area contributed by atoms with Crippen LogP contribution in [0, 0.1) is 0 Å². The Hall–Kier alpha value is -2.70. The molecule has 0 bridgehead atoms. The molecule has 3 rings (SSSR count). The molecule has 0 aromatic heterocycles. The molecule has 2 aromatic rings. The molecule has 1 fully saturated rings. The van der Waals surface area contributed by atoms with Gasteiger partial charge in [-0.25, -0.2) is 10.2 Å². The number of rotatable bonds is 7. The summed E-state index contributed by atoms with van der Waals surface area (Å²) in [6, 6.07) is 19.6. The van der Waals surface area contributed by atoms with Crippen LogP contribution in [0.5, 0.6) is 0 Å². The number of primary amides is 1. The number of nitrogens with zero attached hydrogens (tertiary/aromatic N) is 2. The number of hydrogen-bond acceptors (Lipinski definition) is 4. The zero-order valence-electron chi connectivity index (χ0n) is 16.9. The second kappa shape index (κ2) is 10.2. The highest BCUT2D eigenvalue weighted by Gasteiger charge is 2.30. The number of aliphatic hydroxyl groups excluding tert-OH is 1. The number of hydrogen-bond donors (Lipinski definition) is 3. The van der Waals surface area contributed by atoms with Crippen LogP contribution in [-0.4, -0.2) is 40.9 Å². The second-order valence-corrected chi connectivity index (χ2v) is 7.67. The van der Waals surface area contributed by atoms with Crippen molar-refractivity contribution in [3.8, 4) is 0 Å². The summed E-state index contributed by atoms with van der Waals surface area (Å²) < 4.78 is 0. The van der Waals surface area contributed by atoms with Crippen molar-refractivity contribution in [1.29, 1.82) is 0 Å². The van der Waals surface area contributed by atoms with Crippen LogP contribution >= 0.6 is 0 Å². The first kappa shape index (κ1) is 21.0. The number of benzene rings is 2. The van der Waals surface area contributed by atoms with Gasteiger partial charge in [0.15, 0.2) is 0 Å². The van der Waals surface area contributed by atoms with Gasteiger partial charge in [0.1, 0.15) is 0 Å². The average Bonchev–Trinajstić information content (AvgIpc) is 2.74. The van der Waals surface area contributed by atoms with Crippen molar-refractivity contribution in [3.05, 3.63) is 71.8 Å². The van der Waals surface area contributed by atoms with E-state index in [4.69, 9.17) is 5.73 Å². The summed E-state index contributed by atoms with van der Waals surface area (Å²) >= 11 is 0. The van der Waals surface area contributed by atoms with Crippen molar-refractivity contribution in [2.24, 2.45) is 10.8 Å². The number of nitrogens with one attached hydrogen (secondary N) is 1. The molecule has 0 spiro atoms. The first-order valence-corrected chi connectivity index (χ1v) is 10.2. The Balaban J connectivity index is 1.70. The normalized spacial score (nSPS) is 21.5. The monoisotopic (exact) mass is 394 g/mol. The van der Waals surface area contributed by atoms with Gasteiger partial charge in [-0.15, -0.1) is 0 Å². The molecule has 1 heterocycles. The van der Waals surface area contributed by atoms with Crippen molar-refractivity contribution < 1.29 is 9.90 Å². The minimum Gasteiger partial charge on any atom is -0.388 e. The molecule has 0 aliphatic carbocycles. The average molecular weight is 395 g/mol. The first-order chi connectivity index (χ1) is 14.0. The molecule has 2 aromatic carbocycles. The fourth-order valence-corrected chi connectivity index (χ4v) is 4.10. The predicted molar refractivity (Wildman–Crippen MR) is 116 cm³/mol. The Morgan fingerprint density at radius 3 is 2.41 bits per heavy atom. The summed E-state index contributed by atoms with van der Waals surface area (Å²) in [7, 11) is 2.12. The standard InChI is InChI=1S/C23H30N4O2/c1-27-19(15-21(25-26-23(24)29)17-9-4-2-5-10-17)13-8-14-20(27)16-22(28)18-11-6-3-7-12-18/h2-7,9-12,19-20,22,28H,8,13-16H2,1H3,(H3,24,26,29)/b25-21-/t19-,20-,22+/m1/s1. The molecule has 2 amide bonds. The van der Waals surface area contributed by atoms with E-state index in [9.17, 15) is 9.90 Å². The lowest BCUT2D eigenvalue weighted by atomic mass is 9.88. The van der Waals surface area contributed by atoms with Gasteiger partial charge >= 0.3 is 6.03 Å². The van der Waals surface area contributed by atoms with Crippen molar-refractivity contribution in [2.75, 3.05) is 7.05 Å². The van der Waals surface area contributed by atoms with Crippen molar-refractivity contribution in [3.63, 3.8) is 0 Å². The van der Waals surface area contributed by atoms with Gasteiger partial charge in [0, 0.05) is 18.5 Å². The summed E-state index contributed by atoms with van der Waals surface area (Å²) in [5.41, 5.74) is 10.3. The van der Waals surface area contributed by atoms with Gasteiger partial charge in [-0.1, -0.05) is 67.1 Å². The third-order valence-corrected chi connectivity index (χ3v) is 5.74. The molecule has 6 nitrogen and oxygen atoms in total. The van der Waals surface area contributed by atoms with Crippen LogP contribution in [0.2, 0.25) is 0 Å². The van der Waals surface area contributed by atoms with E-state index >= 15 is 0 Å². The van der Waals surface area contributed by atoms with Gasteiger partial charge in [-0.3, -0.25) is 4.90 Å². The molecular formula is C23H30N4O2. The van der Waals surface area contributed by atoms with Crippen LogP contribution in [0.25, 0.3) is 0 Å². The topological polar surface area (TPSA) is 91.0 Å². The molecule has 0 unspecified atom stereocenters. The molecule has 1 aliphatic heterocycles. The molecule has 4 N–H and O–H groups in total. The Kier molecular flexibility index (Phi) is 7.38. The Morgan fingerprint density at radius 1 is 1.14 bits per heavy atom. The second-order valence-electron chi connectivity index (χ2n) is 7.67. The molecular weight excluding hydrogens is 364 g/mol. The lowest BCUT2D eigenvalue weighted by molar-refractivity contribution is 0.0638. The highest BCUT2D eigenvalue weighted by atomic mass is 16.3. The van der Waals surface area contributed by atoms with E-state index < -0.39 is 12.1 Å². The fraction of sp³-hybridized carbons (Fsp3) is 0.391. The number of hydrazone groups is 1. The van der Waals surface area contributed by atoms with Gasteiger partial charge in [-0.05, 0) is 37.4 Å². The molecule has 3 atom stereocenters. The van der Waals surface area contributed by atoms with E-state index in [0.717, 1.165) is 36.1 Å². The molecule has 1 aliphatic rings. The van der Waals surface area contributed by atoms with E-state index in [1.807, 2.05) is 60.7 Å². The summed E-state index contributed by atoms with van der Waals surface area (Å²) in [5.74, 6) is 0. The van der Waals surface area contributed by atoms with Crippen LogP contribution in [-0.2, 0) is 0 Å². The van der Waals surface area contributed by atoms with Crippen molar-refractivity contribution in [1.82, 2.24) is 10.3 Å². The maximum atomic E-state index is 11.2. The lowest BCUT2D eigenvalue weighted by Gasteiger charge is -2.40. The van der Waals surface area contributed by atoms with Crippen LogP contribution in [0.3, 0.4) is 0 Å². The van der Waals surface area contributed by atoms with E-state index in [1.165, 1.54) is 0 Å². The quantitative estimate of drug-likeness (QED) is 0.496. The molecule has 6 heteroatoms. The van der Waals surface area contributed by atoms with E-state index in [2.05, 4.69) is 22.5 Å². The number of amides is 2. The van der Waals surface area contributed by atoms with Crippen LogP contribution in [0.15, 0.2) is 65.8 Å². The summed E-state index contributed by atoms with van der Waals surface area (Å²) in [4.78, 5) is 13.5. The molecule has 0 radical (unpaired) electrons. The number of carbonyl (C=O) groups is 1. The summed E-state index contributed by atoms with van der Waals surface area (Å²) in [5, 5.41) is 14.9. The Morgan fingerprint density at radius 2 is 1.76 bits per heavy atom. The van der Waals surface area contributed by atoms with Gasteiger partial charge in [-0.2, -0.15) is 5.10 Å². The summed E-state index contributed by atoms with van der Waals surface area (Å²) in [6.07, 6.45) is 4.16. The molecule has 1 saturated heterocycles. The largest absolute Gasteiger partial charge is 0.388 e. The highest BCUT2D eigenvalue weighted by molar-refractivity contribution is 6.01.